The first kappa shape index (κ1) is 43.8. The minimum Gasteiger partial charge on any atom is -0.490 e. The molecule has 6 rings (SSSR count). The molecule has 0 saturated carbocycles. The van der Waals surface area contributed by atoms with Gasteiger partial charge in [0.2, 0.25) is 5.91 Å². The third-order valence-electron chi connectivity index (χ3n) is 10.3. The molecule has 1 aliphatic heterocycles. The van der Waals surface area contributed by atoms with Gasteiger partial charge in [-0.05, 0) is 86.0 Å². The molecule has 1 unspecified atom stereocenters. The van der Waals surface area contributed by atoms with Crippen molar-refractivity contribution in [3.8, 4) is 11.8 Å². The number of piperazine rings is 1. The van der Waals surface area contributed by atoms with Gasteiger partial charge < -0.3 is 30.3 Å². The molecule has 13 nitrogen and oxygen atoms in total. The van der Waals surface area contributed by atoms with Crippen LogP contribution in [0.15, 0.2) is 89.7 Å². The van der Waals surface area contributed by atoms with Crippen molar-refractivity contribution in [2.75, 3.05) is 50.0 Å². The van der Waals surface area contributed by atoms with Crippen molar-refractivity contribution in [3.63, 3.8) is 0 Å². The van der Waals surface area contributed by atoms with Crippen LogP contribution in [0.3, 0.4) is 0 Å². The van der Waals surface area contributed by atoms with Gasteiger partial charge in [0.05, 0.1) is 33.8 Å². The molecule has 0 bridgehead atoms. The Labute approximate surface area is 347 Å². The number of benzene rings is 4. The van der Waals surface area contributed by atoms with E-state index >= 15 is 0 Å². The van der Waals surface area contributed by atoms with Gasteiger partial charge in [-0.2, -0.15) is 23.5 Å². The highest BCUT2D eigenvalue weighted by Crippen LogP contribution is 2.34. The smallest absolute Gasteiger partial charge is 0.417 e. The number of hydrogen-bond donors (Lipinski definition) is 4. The molecule has 1 aliphatic rings. The lowest BCUT2D eigenvalue weighted by Crippen LogP contribution is -2.50. The molecule has 1 fully saturated rings. The number of nitrogens with zero attached hydrogens (tertiary/aromatic N) is 4. The van der Waals surface area contributed by atoms with Crippen LogP contribution in [0.2, 0.25) is 0 Å². The molecule has 318 valence electrons. The molecule has 1 aromatic heterocycles. The summed E-state index contributed by atoms with van der Waals surface area (Å²) in [6, 6.07) is 22.3. The minimum atomic E-state index is -4.81. The molecule has 4 aromatic carbocycles. The highest BCUT2D eigenvalue weighted by molar-refractivity contribution is 5.97. The number of rotatable bonds is 15. The van der Waals surface area contributed by atoms with Gasteiger partial charge in [0.25, 0.3) is 17.4 Å². The number of aliphatic hydroxyl groups is 1. The molecule has 61 heavy (non-hydrogen) atoms. The van der Waals surface area contributed by atoms with Crippen molar-refractivity contribution in [2.24, 2.45) is 0 Å². The summed E-state index contributed by atoms with van der Waals surface area (Å²) in [5.41, 5.74) is -2.46. The van der Waals surface area contributed by atoms with Gasteiger partial charge in [0.15, 0.2) is 5.60 Å². The van der Waals surface area contributed by atoms with E-state index < -0.39 is 47.1 Å². The zero-order valence-corrected chi connectivity index (χ0v) is 33.2. The van der Waals surface area contributed by atoms with E-state index in [4.69, 9.17) is 10.00 Å². The second kappa shape index (κ2) is 19.1. The van der Waals surface area contributed by atoms with E-state index in [1.807, 2.05) is 0 Å². The number of H-pyrrole nitrogens is 1. The Morgan fingerprint density at radius 1 is 0.902 bits per heavy atom. The molecule has 2 heterocycles. The summed E-state index contributed by atoms with van der Waals surface area (Å²) in [5, 5.41) is 33.0. The predicted octanol–water partition coefficient (Wildman–Crippen LogP) is 6.27. The number of halogens is 4. The number of carbonyl (C=O) groups is 3. The zero-order chi connectivity index (χ0) is 43.7. The third kappa shape index (κ3) is 11.1. The van der Waals surface area contributed by atoms with Crippen LogP contribution >= 0.6 is 0 Å². The number of anilines is 2. The normalized spacial score (nSPS) is 13.9. The zero-order valence-electron chi connectivity index (χ0n) is 33.2. The van der Waals surface area contributed by atoms with Crippen LogP contribution < -0.4 is 20.9 Å². The van der Waals surface area contributed by atoms with Crippen LogP contribution in [0.4, 0.5) is 28.9 Å². The van der Waals surface area contributed by atoms with E-state index in [9.17, 15) is 41.8 Å². The number of fused-ring (bicyclic) bond motifs is 1. The van der Waals surface area contributed by atoms with Crippen molar-refractivity contribution in [2.45, 2.75) is 50.8 Å². The first-order chi connectivity index (χ1) is 29.1. The van der Waals surface area contributed by atoms with Crippen LogP contribution in [0.5, 0.6) is 5.75 Å². The molecule has 1 saturated heterocycles. The van der Waals surface area contributed by atoms with Crippen molar-refractivity contribution >= 4 is 39.9 Å². The Bertz CT molecular complexity index is 2490. The lowest BCUT2D eigenvalue weighted by molar-refractivity contribution is -0.138. The quantitative estimate of drug-likeness (QED) is 0.0698. The first-order valence-corrected chi connectivity index (χ1v) is 19.6. The standard InChI is InChI=1S/C44H43F4N7O6/c1-43(60,42(59)51-31-12-11-29(26-49)36(25-31)44(46,47)48)27-61-32-15-13-30(14-16-32)50-18-6-2-3-9-39(56)54-19-21-55(22-20-54)41(58)35-23-28(10-17-37(35)45)24-38-33-7-4-5-8-34(33)40(57)53-52-38/h4-5,7-8,10-17,23,25,50,60H,2-3,6,9,18-22,24,27H2,1H3,(H,51,59)(H,53,57). The average molecular weight is 842 g/mol. The molecular formula is C44H43F4N7O6. The summed E-state index contributed by atoms with van der Waals surface area (Å²) in [5.74, 6) is -1.76. The number of nitriles is 1. The molecular weight excluding hydrogens is 799 g/mol. The predicted molar refractivity (Wildman–Crippen MR) is 218 cm³/mol. The van der Waals surface area contributed by atoms with E-state index in [0.29, 0.717) is 66.3 Å². The van der Waals surface area contributed by atoms with E-state index in [-0.39, 0.29) is 42.2 Å². The summed E-state index contributed by atoms with van der Waals surface area (Å²) < 4.78 is 60.4. The summed E-state index contributed by atoms with van der Waals surface area (Å²) in [4.78, 5) is 54.4. The molecule has 3 amide bonds. The van der Waals surface area contributed by atoms with Gasteiger partial charge in [-0.15, -0.1) is 0 Å². The largest absolute Gasteiger partial charge is 0.490 e. The van der Waals surface area contributed by atoms with E-state index in [0.717, 1.165) is 37.6 Å². The molecule has 4 N–H and O–H groups in total. The number of ether oxygens (including phenoxy) is 1. The number of carbonyl (C=O) groups excluding carboxylic acids is 3. The second-order valence-corrected chi connectivity index (χ2v) is 14.9. The van der Waals surface area contributed by atoms with Crippen LogP contribution in [-0.2, 0) is 22.2 Å². The van der Waals surface area contributed by atoms with E-state index in [2.05, 4.69) is 20.8 Å². The Balaban J connectivity index is 0.876. The molecule has 0 spiro atoms. The number of aromatic nitrogens is 2. The number of nitrogens with one attached hydrogen (secondary N) is 3. The number of hydrogen-bond acceptors (Lipinski definition) is 9. The topological polar surface area (TPSA) is 181 Å². The third-order valence-corrected chi connectivity index (χ3v) is 10.3. The Morgan fingerprint density at radius 3 is 2.30 bits per heavy atom. The fraction of sp³-hybridized carbons (Fsp3) is 0.318. The molecule has 17 heteroatoms. The summed E-state index contributed by atoms with van der Waals surface area (Å²) in [6.07, 6.45) is -1.92. The SMILES string of the molecule is CC(O)(COc1ccc(NCCCCCC(=O)N2CCN(C(=O)c3cc(Cc4n[nH]c(=O)c5ccccc45)ccc3F)CC2)cc1)C(=O)Nc1ccc(C#N)c(C(F)(F)F)c1. The lowest BCUT2D eigenvalue weighted by atomic mass is 10.0. The van der Waals surface area contributed by atoms with E-state index in [1.165, 1.54) is 18.2 Å². The maximum Gasteiger partial charge on any atom is 0.417 e. The first-order valence-electron chi connectivity index (χ1n) is 19.6. The van der Waals surface area contributed by atoms with Gasteiger partial charge in [-0.3, -0.25) is 19.2 Å². The van der Waals surface area contributed by atoms with Crippen LogP contribution in [0.25, 0.3) is 10.8 Å². The summed E-state index contributed by atoms with van der Waals surface area (Å²) in [7, 11) is 0. The molecule has 5 aromatic rings. The number of amides is 3. The number of aromatic amines is 1. The van der Waals surface area contributed by atoms with Crippen molar-refractivity contribution in [3.05, 3.63) is 129 Å². The van der Waals surface area contributed by atoms with Crippen LogP contribution in [-0.4, -0.2) is 87.8 Å². The van der Waals surface area contributed by atoms with Gasteiger partial charge in [0, 0.05) is 62.3 Å². The number of unbranched alkanes of at least 4 members (excludes halogenated alkanes) is 2. The minimum absolute atomic E-state index is 0.00856. The monoisotopic (exact) mass is 841 g/mol. The van der Waals surface area contributed by atoms with Gasteiger partial charge in [-0.1, -0.05) is 30.7 Å². The molecule has 0 aliphatic carbocycles. The van der Waals surface area contributed by atoms with Crippen molar-refractivity contribution < 1.29 is 41.8 Å². The maximum absolute atomic E-state index is 14.9. The average Bonchev–Trinajstić information content (AvgIpc) is 3.25. The Hall–Kier alpha value is -6.80. The highest BCUT2D eigenvalue weighted by Gasteiger charge is 2.36. The Kier molecular flexibility index (Phi) is 13.7. The maximum atomic E-state index is 14.9. The summed E-state index contributed by atoms with van der Waals surface area (Å²) in [6.45, 7) is 2.54. The van der Waals surface area contributed by atoms with Gasteiger partial charge in [-0.25, -0.2) is 9.49 Å². The van der Waals surface area contributed by atoms with Crippen LogP contribution in [0, 0.1) is 17.1 Å². The fourth-order valence-corrected chi connectivity index (χ4v) is 6.82. The highest BCUT2D eigenvalue weighted by atomic mass is 19.4. The van der Waals surface area contributed by atoms with Gasteiger partial charge in [0.1, 0.15) is 18.2 Å². The number of alkyl halides is 3. The lowest BCUT2D eigenvalue weighted by Gasteiger charge is -2.35. The Morgan fingerprint density at radius 2 is 1.59 bits per heavy atom. The van der Waals surface area contributed by atoms with E-state index in [1.54, 1.807) is 64.4 Å². The fourth-order valence-electron chi connectivity index (χ4n) is 6.82. The van der Waals surface area contributed by atoms with Crippen LogP contribution in [0.1, 0.15) is 65.3 Å². The van der Waals surface area contributed by atoms with Crippen molar-refractivity contribution in [1.82, 2.24) is 20.0 Å². The second-order valence-electron chi connectivity index (χ2n) is 14.9. The molecule has 1 atom stereocenters. The van der Waals surface area contributed by atoms with Crippen molar-refractivity contribution in [1.29, 1.82) is 5.26 Å². The summed E-state index contributed by atoms with van der Waals surface area (Å²) >= 11 is 0. The molecule has 0 radical (unpaired) electrons. The van der Waals surface area contributed by atoms with Gasteiger partial charge >= 0.3 is 6.18 Å².